The molecule has 14 atom stereocenters. The van der Waals surface area contributed by atoms with Crippen LogP contribution in [-0.2, 0) is 0 Å². The van der Waals surface area contributed by atoms with E-state index in [9.17, 15) is 0 Å². The van der Waals surface area contributed by atoms with Gasteiger partial charge in [-0.05, 0) is 350 Å². The van der Waals surface area contributed by atoms with Gasteiger partial charge in [-0.1, -0.05) is 307 Å². The summed E-state index contributed by atoms with van der Waals surface area (Å²) in [6.45, 7) is 58.7. The topological polar surface area (TPSA) is 0 Å². The van der Waals surface area contributed by atoms with Crippen molar-refractivity contribution in [3.8, 4) is 0 Å². The van der Waals surface area contributed by atoms with Gasteiger partial charge in [0.1, 0.15) is 0 Å². The molecule has 0 aromatic heterocycles. The van der Waals surface area contributed by atoms with Gasteiger partial charge in [-0.3, -0.25) is 0 Å². The molecule has 0 radical (unpaired) electrons. The van der Waals surface area contributed by atoms with E-state index >= 15 is 0 Å². The molecule has 21 saturated carbocycles. The van der Waals surface area contributed by atoms with Gasteiger partial charge in [-0.2, -0.15) is 0 Å². The first-order valence-electron chi connectivity index (χ1n) is 48.5. The van der Waals surface area contributed by atoms with Gasteiger partial charge in [-0.15, -0.1) is 0 Å². The Morgan fingerprint density at radius 3 is 0.913 bits per heavy atom. The summed E-state index contributed by atoms with van der Waals surface area (Å²) in [7, 11) is 0. The standard InChI is InChI=1S/C14H24.2C14H26.2C13H24.C12H20.2C12H22/c1-13(2,3)14-7-10-4-11(8-14)6-12(5-10)9-14;1-14(2,3)13-10-8-11-5-4-6-12(13)9-7-11;1-14(2,3)13-9-11-6-4-5-7-12(8-11)10-13;1-13(2,3)12-9-6-10-4-7-11(12)8-5-10;1-13(2,3)12-10-6-4-7-11(12)9-5-8-10;1-11(2,3)9-6-8-4-5-12(8)7-10(9)12;1-12(2,3)11-7-5-9-4-6-10(11)8-9;1-12(2,3)11-8-9-4-6-10(11)7-5-9/h10-12H,4-9H2,1-3H3;2*11-13H,4-10H2,1-3H3;2*10-12H,4-9H2,1-3H3;8-10H,4-7H2,1-3H3;2*9-11H,4-8H2,1-3H3. The minimum absolute atomic E-state index is 0.552. The van der Waals surface area contributed by atoms with Crippen molar-refractivity contribution < 1.29 is 0 Å². The first kappa shape index (κ1) is 84.9. The minimum atomic E-state index is 0.552. The Morgan fingerprint density at radius 1 is 0.212 bits per heavy atom. The van der Waals surface area contributed by atoms with E-state index in [1.165, 1.54) is 218 Å². The summed E-state index contributed by atoms with van der Waals surface area (Å²) < 4.78 is 0. The van der Waals surface area contributed by atoms with Crippen molar-refractivity contribution in [3.05, 3.63) is 0 Å². The van der Waals surface area contributed by atoms with Crippen LogP contribution < -0.4 is 0 Å². The predicted octanol–water partition coefficient (Wildman–Crippen LogP) is 33.2. The highest BCUT2D eigenvalue weighted by Gasteiger charge is 2.71. The molecule has 0 aliphatic heterocycles. The highest BCUT2D eigenvalue weighted by molar-refractivity contribution is 5.20. The van der Waals surface area contributed by atoms with Crippen molar-refractivity contribution in [2.24, 2.45) is 196 Å². The maximum atomic E-state index is 2.49. The van der Waals surface area contributed by atoms with Crippen molar-refractivity contribution >= 4 is 0 Å². The van der Waals surface area contributed by atoms with Crippen LogP contribution in [0.1, 0.15) is 462 Å². The van der Waals surface area contributed by atoms with Crippen molar-refractivity contribution in [3.63, 3.8) is 0 Å². The molecule has 0 N–H and O–H groups in total. The molecule has 604 valence electrons. The first-order valence-corrected chi connectivity index (χ1v) is 48.5. The second-order valence-corrected chi connectivity index (χ2v) is 52.0. The number of hydrogen-bond acceptors (Lipinski definition) is 0. The van der Waals surface area contributed by atoms with Crippen LogP contribution in [0.15, 0.2) is 0 Å². The van der Waals surface area contributed by atoms with Gasteiger partial charge in [-0.25, -0.2) is 0 Å². The second kappa shape index (κ2) is 33.8. The molecule has 21 fully saturated rings. The van der Waals surface area contributed by atoms with Gasteiger partial charge in [0.15, 0.2) is 0 Å². The predicted molar refractivity (Wildman–Crippen MR) is 457 cm³/mol. The van der Waals surface area contributed by atoms with E-state index in [-0.39, 0.29) is 0 Å². The summed E-state index contributed by atoms with van der Waals surface area (Å²) in [4.78, 5) is 0. The smallest absolute Gasteiger partial charge is 0.0235 e. The lowest BCUT2D eigenvalue weighted by molar-refractivity contribution is -0.113. The molecule has 21 aliphatic carbocycles. The van der Waals surface area contributed by atoms with Crippen molar-refractivity contribution in [2.45, 2.75) is 462 Å². The highest BCUT2D eigenvalue weighted by atomic mass is 14.8. The number of rotatable bonds is 0. The third-order valence-electron chi connectivity index (χ3n) is 37.1. The molecular weight excluding hydrogens is 1250 g/mol. The van der Waals surface area contributed by atoms with Gasteiger partial charge in [0.25, 0.3) is 0 Å². The lowest BCUT2D eigenvalue weighted by Gasteiger charge is -2.62. The van der Waals surface area contributed by atoms with Gasteiger partial charge in [0, 0.05) is 0 Å². The molecule has 0 nitrogen and oxygen atoms in total. The summed E-state index contributed by atoms with van der Waals surface area (Å²) in [5, 5.41) is 0. The molecule has 0 amide bonds. The Balaban J connectivity index is 0.000000119. The van der Waals surface area contributed by atoms with Crippen molar-refractivity contribution in [2.75, 3.05) is 0 Å². The van der Waals surface area contributed by atoms with Crippen LogP contribution in [0.3, 0.4) is 0 Å². The average Bonchev–Trinajstić information content (AvgIpc) is 1.50. The largest absolute Gasteiger partial charge is 0.0599 e. The Bertz CT molecular complexity index is 2450. The van der Waals surface area contributed by atoms with Crippen LogP contribution in [0.25, 0.3) is 0 Å². The SMILES string of the molecule is CC(C)(C)C12CC3CC(CC(C3)C1)C2.CC(C)(C)C1C2CCCC1CCC2.CC(C)(C)C1CC2CCC1CC2.CC(C)(C)C1CC2CCC23CC13.CC(C)(C)C1CC2CCCCC(C2)C1.CC(C)(C)C1CCC2CCC1C2.CC(C)(C)C1CCC2CCC1CC2.CC(C)(C)C1CCC2CCCC1CC2. The Morgan fingerprint density at radius 2 is 0.558 bits per heavy atom. The average molecular weight is 1440 g/mol. The monoisotopic (exact) mass is 1440 g/mol. The fourth-order valence-corrected chi connectivity index (χ4v) is 31.4. The number of fused-ring (bicyclic) bond motifs is 16. The summed E-state index contributed by atoms with van der Waals surface area (Å²) >= 11 is 0. The minimum Gasteiger partial charge on any atom is -0.0599 e. The van der Waals surface area contributed by atoms with E-state index in [0.717, 1.165) is 153 Å². The first-order chi connectivity index (χ1) is 48.5. The Kier molecular flexibility index (Phi) is 27.6. The molecule has 21 rings (SSSR count). The van der Waals surface area contributed by atoms with Gasteiger partial charge < -0.3 is 0 Å². The van der Waals surface area contributed by atoms with Crippen molar-refractivity contribution in [1.82, 2.24) is 0 Å². The van der Waals surface area contributed by atoms with E-state index in [1.54, 1.807) is 77.0 Å². The van der Waals surface area contributed by atoms with Crippen LogP contribution in [0.4, 0.5) is 0 Å². The molecule has 104 heavy (non-hydrogen) atoms. The van der Waals surface area contributed by atoms with Gasteiger partial charge in [0.05, 0.1) is 0 Å². The zero-order chi connectivity index (χ0) is 75.4. The molecule has 14 unspecified atom stereocenters. The van der Waals surface area contributed by atoms with E-state index in [0.29, 0.717) is 43.3 Å². The number of hydrogen-bond donors (Lipinski definition) is 0. The van der Waals surface area contributed by atoms with Crippen LogP contribution in [0.5, 0.6) is 0 Å². The van der Waals surface area contributed by atoms with Gasteiger partial charge >= 0.3 is 0 Å². The molecule has 0 saturated heterocycles. The third-order valence-corrected chi connectivity index (χ3v) is 37.1. The molecule has 0 heterocycles. The van der Waals surface area contributed by atoms with Crippen LogP contribution >= 0.6 is 0 Å². The van der Waals surface area contributed by atoms with Crippen LogP contribution in [-0.4, -0.2) is 0 Å². The van der Waals surface area contributed by atoms with E-state index in [1.807, 2.05) is 0 Å². The highest BCUT2D eigenvalue weighted by Crippen LogP contribution is 2.80. The molecule has 0 aromatic rings. The second-order valence-electron chi connectivity index (χ2n) is 52.0. The lowest BCUT2D eigenvalue weighted by atomic mass is 9.43. The maximum Gasteiger partial charge on any atom is -0.0235 e. The Hall–Kier alpha value is 0. The molecule has 16 bridgehead atoms. The normalized spacial score (nSPS) is 43.6. The van der Waals surface area contributed by atoms with Crippen LogP contribution in [0, 0.1) is 196 Å². The van der Waals surface area contributed by atoms with Gasteiger partial charge in [0.2, 0.25) is 0 Å². The fraction of sp³-hybridized carbons (Fsp3) is 1.00. The molecule has 21 aliphatic rings. The summed E-state index contributed by atoms with van der Waals surface area (Å²) in [5.74, 6) is 25.8. The maximum absolute atomic E-state index is 2.49. The Labute approximate surface area is 653 Å². The summed E-state index contributed by atoms with van der Waals surface area (Å²) in [6.07, 6.45) is 70.8. The van der Waals surface area contributed by atoms with Crippen LogP contribution in [0.2, 0.25) is 0 Å². The summed E-state index contributed by atoms with van der Waals surface area (Å²) in [5.41, 5.74) is 6.19. The molecule has 0 heteroatoms. The van der Waals surface area contributed by atoms with E-state index in [4.69, 9.17) is 0 Å². The fourth-order valence-electron chi connectivity index (χ4n) is 31.4. The molecular formula is C104H188. The quantitative estimate of drug-likeness (QED) is 0.227. The van der Waals surface area contributed by atoms with E-state index in [2.05, 4.69) is 166 Å². The molecule has 1 spiro atoms. The third kappa shape index (κ3) is 21.3. The zero-order valence-electron chi connectivity index (χ0n) is 75.4. The zero-order valence-corrected chi connectivity index (χ0v) is 75.4. The summed E-state index contributed by atoms with van der Waals surface area (Å²) in [6, 6.07) is 0. The lowest BCUT2D eigenvalue weighted by Crippen LogP contribution is -2.51. The molecule has 0 aromatic carbocycles. The van der Waals surface area contributed by atoms with Crippen molar-refractivity contribution in [1.29, 1.82) is 0 Å². The van der Waals surface area contributed by atoms with E-state index < -0.39 is 0 Å².